The van der Waals surface area contributed by atoms with Crippen molar-refractivity contribution < 1.29 is 14.3 Å². The van der Waals surface area contributed by atoms with Crippen LogP contribution in [0.1, 0.15) is 41.4 Å². The number of benzene rings is 3. The second-order valence-corrected chi connectivity index (χ2v) is 10.8. The SMILES string of the molecule is CC(=O)N1/C(=C\c2cc(-c3cccc4cccnc34)c3cc(CNC4CCOCC4)ccc3n2)C(=O)c2ccccc21. The molecule has 3 aromatic carbocycles. The van der Waals surface area contributed by atoms with E-state index in [0.29, 0.717) is 28.7 Å². The average molecular weight is 555 g/mol. The van der Waals surface area contributed by atoms with E-state index in [1.165, 1.54) is 17.4 Å². The van der Waals surface area contributed by atoms with Gasteiger partial charge >= 0.3 is 0 Å². The summed E-state index contributed by atoms with van der Waals surface area (Å²) in [5, 5.41) is 5.73. The number of hydrogen-bond acceptors (Lipinski definition) is 6. The van der Waals surface area contributed by atoms with Crippen LogP contribution in [-0.2, 0) is 16.1 Å². The van der Waals surface area contributed by atoms with Gasteiger partial charge in [0.2, 0.25) is 11.7 Å². The Kier molecular flexibility index (Phi) is 6.82. The van der Waals surface area contributed by atoms with E-state index in [2.05, 4.69) is 35.6 Å². The highest BCUT2D eigenvalue weighted by Crippen LogP contribution is 2.37. The van der Waals surface area contributed by atoms with Crippen LogP contribution >= 0.6 is 0 Å². The van der Waals surface area contributed by atoms with E-state index in [-0.39, 0.29) is 11.7 Å². The molecule has 0 spiro atoms. The molecular formula is C35H30N4O3. The number of carbonyl (C=O) groups excluding carboxylic acids is 2. The zero-order valence-corrected chi connectivity index (χ0v) is 23.3. The molecule has 1 saturated heterocycles. The van der Waals surface area contributed by atoms with Crippen LogP contribution in [0.5, 0.6) is 0 Å². The van der Waals surface area contributed by atoms with E-state index in [4.69, 9.17) is 14.7 Å². The summed E-state index contributed by atoms with van der Waals surface area (Å²) >= 11 is 0. The highest BCUT2D eigenvalue weighted by molar-refractivity contribution is 6.26. The first kappa shape index (κ1) is 26.2. The number of anilines is 1. The molecule has 1 fully saturated rings. The van der Waals surface area contributed by atoms with Gasteiger partial charge < -0.3 is 10.1 Å². The van der Waals surface area contributed by atoms with Crippen molar-refractivity contribution in [3.05, 3.63) is 108 Å². The molecule has 2 aromatic heterocycles. The van der Waals surface area contributed by atoms with Crippen LogP contribution in [0, 0.1) is 0 Å². The van der Waals surface area contributed by atoms with Crippen molar-refractivity contribution in [2.75, 3.05) is 18.1 Å². The zero-order chi connectivity index (χ0) is 28.6. The molecule has 0 atom stereocenters. The maximum Gasteiger partial charge on any atom is 0.228 e. The number of fused-ring (bicyclic) bond motifs is 3. The Morgan fingerprint density at radius 1 is 0.976 bits per heavy atom. The first-order valence-electron chi connectivity index (χ1n) is 14.3. The van der Waals surface area contributed by atoms with Gasteiger partial charge in [-0.1, -0.05) is 42.5 Å². The van der Waals surface area contributed by atoms with E-state index >= 15 is 0 Å². The third kappa shape index (κ3) is 4.76. The molecule has 0 saturated carbocycles. The summed E-state index contributed by atoms with van der Waals surface area (Å²) < 4.78 is 5.51. The van der Waals surface area contributed by atoms with Crippen molar-refractivity contribution in [3.8, 4) is 11.1 Å². The molecule has 2 aliphatic heterocycles. The minimum Gasteiger partial charge on any atom is -0.381 e. The van der Waals surface area contributed by atoms with Gasteiger partial charge in [-0.15, -0.1) is 0 Å². The standard InChI is InChI=1S/C35H30N4O3/c1-22(40)39-32-10-3-2-8-28(32)35(41)33(39)20-26-19-29(27-9-4-6-24-7-5-15-36-34(24)27)30-18-23(11-12-31(30)38-26)21-37-25-13-16-42-17-14-25/h2-12,15,18-20,25,37H,13-14,16-17,21H2,1H3/b33-20-. The Balaban J connectivity index is 1.37. The number of nitrogens with zero attached hydrogens (tertiary/aromatic N) is 3. The smallest absolute Gasteiger partial charge is 0.228 e. The Hall–Kier alpha value is -4.72. The predicted molar refractivity (Wildman–Crippen MR) is 165 cm³/mol. The Labute approximate surface area is 243 Å². The molecule has 0 radical (unpaired) electrons. The number of ether oxygens (including phenoxy) is 1. The molecule has 1 N–H and O–H groups in total. The number of nitrogens with one attached hydrogen (secondary N) is 1. The average Bonchev–Trinajstić information content (AvgIpc) is 3.31. The lowest BCUT2D eigenvalue weighted by molar-refractivity contribution is -0.116. The number of carbonyl (C=O) groups is 2. The van der Waals surface area contributed by atoms with Crippen LogP contribution in [0.15, 0.2) is 90.8 Å². The van der Waals surface area contributed by atoms with Gasteiger partial charge in [0.25, 0.3) is 0 Å². The zero-order valence-electron chi connectivity index (χ0n) is 23.3. The first-order chi connectivity index (χ1) is 20.6. The molecule has 4 heterocycles. The normalized spacial score (nSPS) is 16.5. The van der Waals surface area contributed by atoms with Crippen molar-refractivity contribution in [2.24, 2.45) is 0 Å². The van der Waals surface area contributed by atoms with Crippen molar-refractivity contribution in [2.45, 2.75) is 32.4 Å². The highest BCUT2D eigenvalue weighted by Gasteiger charge is 2.34. The lowest BCUT2D eigenvalue weighted by atomic mass is 9.96. The number of pyridine rings is 2. The van der Waals surface area contributed by atoms with E-state index in [1.54, 1.807) is 24.4 Å². The fraction of sp³-hybridized carbons (Fsp3) is 0.200. The maximum atomic E-state index is 13.4. The summed E-state index contributed by atoms with van der Waals surface area (Å²) in [7, 11) is 0. The Morgan fingerprint density at radius 2 is 1.79 bits per heavy atom. The maximum absolute atomic E-state index is 13.4. The first-order valence-corrected chi connectivity index (χ1v) is 14.3. The molecule has 7 rings (SSSR count). The van der Waals surface area contributed by atoms with Crippen LogP contribution in [-0.4, -0.2) is 40.9 Å². The fourth-order valence-electron chi connectivity index (χ4n) is 6.02. The number of aromatic nitrogens is 2. The number of amides is 1. The van der Waals surface area contributed by atoms with Crippen LogP contribution in [0.4, 0.5) is 5.69 Å². The van der Waals surface area contributed by atoms with Crippen molar-refractivity contribution in [1.82, 2.24) is 15.3 Å². The number of para-hydroxylation sites is 2. The minimum absolute atomic E-state index is 0.189. The lowest BCUT2D eigenvalue weighted by Crippen LogP contribution is -2.34. The monoisotopic (exact) mass is 554 g/mol. The quantitative estimate of drug-likeness (QED) is 0.256. The number of ketones is 1. The van der Waals surface area contributed by atoms with Crippen molar-refractivity contribution >= 4 is 45.3 Å². The van der Waals surface area contributed by atoms with Gasteiger partial charge in [0.1, 0.15) is 0 Å². The van der Waals surface area contributed by atoms with Gasteiger partial charge in [-0.2, -0.15) is 0 Å². The largest absolute Gasteiger partial charge is 0.381 e. The molecular weight excluding hydrogens is 524 g/mol. The van der Waals surface area contributed by atoms with Gasteiger partial charge in [-0.25, -0.2) is 4.98 Å². The molecule has 5 aromatic rings. The van der Waals surface area contributed by atoms with Gasteiger partial charge in [-0.3, -0.25) is 19.5 Å². The molecule has 0 unspecified atom stereocenters. The number of hydrogen-bond donors (Lipinski definition) is 1. The molecule has 42 heavy (non-hydrogen) atoms. The van der Waals surface area contributed by atoms with E-state index in [0.717, 1.165) is 65.5 Å². The molecule has 7 nitrogen and oxygen atoms in total. The van der Waals surface area contributed by atoms with Crippen molar-refractivity contribution in [1.29, 1.82) is 0 Å². The van der Waals surface area contributed by atoms with Crippen LogP contribution < -0.4 is 10.2 Å². The van der Waals surface area contributed by atoms with Gasteiger partial charge in [0, 0.05) is 60.8 Å². The second kappa shape index (κ2) is 10.9. The van der Waals surface area contributed by atoms with Gasteiger partial charge in [-0.05, 0) is 66.4 Å². The molecule has 208 valence electrons. The topological polar surface area (TPSA) is 84.4 Å². The Bertz CT molecular complexity index is 1890. The predicted octanol–water partition coefficient (Wildman–Crippen LogP) is 6.31. The van der Waals surface area contributed by atoms with Crippen molar-refractivity contribution in [3.63, 3.8) is 0 Å². The van der Waals surface area contributed by atoms with E-state index in [1.807, 2.05) is 36.4 Å². The summed E-state index contributed by atoms with van der Waals surface area (Å²) in [5.41, 5.74) is 6.84. The Morgan fingerprint density at radius 3 is 2.64 bits per heavy atom. The third-order valence-electron chi connectivity index (χ3n) is 8.09. The summed E-state index contributed by atoms with van der Waals surface area (Å²) in [6.45, 7) is 3.81. The second-order valence-electron chi connectivity index (χ2n) is 10.8. The number of rotatable bonds is 5. The molecule has 1 amide bonds. The molecule has 7 heteroatoms. The van der Waals surface area contributed by atoms with Crippen LogP contribution in [0.25, 0.3) is 39.0 Å². The lowest BCUT2D eigenvalue weighted by Gasteiger charge is -2.23. The highest BCUT2D eigenvalue weighted by atomic mass is 16.5. The molecule has 0 aliphatic carbocycles. The molecule has 0 bridgehead atoms. The van der Waals surface area contributed by atoms with E-state index < -0.39 is 0 Å². The van der Waals surface area contributed by atoms with Gasteiger partial charge in [0.15, 0.2) is 0 Å². The summed E-state index contributed by atoms with van der Waals surface area (Å²) in [6.07, 6.45) is 5.56. The third-order valence-corrected chi connectivity index (χ3v) is 8.09. The van der Waals surface area contributed by atoms with Gasteiger partial charge in [0.05, 0.1) is 28.1 Å². The van der Waals surface area contributed by atoms with Crippen LogP contribution in [0.2, 0.25) is 0 Å². The van der Waals surface area contributed by atoms with E-state index in [9.17, 15) is 9.59 Å². The van der Waals surface area contributed by atoms with Crippen LogP contribution in [0.3, 0.4) is 0 Å². The molecule has 2 aliphatic rings. The number of allylic oxidation sites excluding steroid dienone is 1. The summed E-state index contributed by atoms with van der Waals surface area (Å²) in [5.74, 6) is -0.411. The summed E-state index contributed by atoms with van der Waals surface area (Å²) in [6, 6.07) is 26.1. The summed E-state index contributed by atoms with van der Waals surface area (Å²) in [4.78, 5) is 37.3. The fourth-order valence-corrected chi connectivity index (χ4v) is 6.02. The minimum atomic E-state index is -0.222. The number of Topliss-reactive ketones (excluding diaryl/α,β-unsaturated/α-hetero) is 1.